The zero-order valence-electron chi connectivity index (χ0n) is 11.6. The maximum absolute atomic E-state index is 13.0. The van der Waals surface area contributed by atoms with Crippen LogP contribution in [0, 0.1) is 5.82 Å². The molecule has 1 aliphatic carbocycles. The van der Waals surface area contributed by atoms with Gasteiger partial charge in [-0.1, -0.05) is 18.0 Å². The summed E-state index contributed by atoms with van der Waals surface area (Å²) in [7, 11) is -3.87. The molecular weight excluding hydrogens is 347 g/mol. The molecule has 8 heteroatoms. The number of nitrogens with one attached hydrogen (secondary N) is 1. The fourth-order valence-corrected chi connectivity index (χ4v) is 5.25. The molecule has 0 radical (unpaired) electrons. The summed E-state index contributed by atoms with van der Waals surface area (Å²) in [5, 5.41) is 0.193. The lowest BCUT2D eigenvalue weighted by molar-refractivity contribution is 0.599. The van der Waals surface area contributed by atoms with Crippen molar-refractivity contribution in [1.29, 1.82) is 0 Å². The van der Waals surface area contributed by atoms with E-state index in [1.807, 2.05) is 0 Å². The Kier molecular flexibility index (Phi) is 4.38. The summed E-state index contributed by atoms with van der Waals surface area (Å²) in [5.74, 6) is -0.579. The Morgan fingerprint density at radius 1 is 1.23 bits per heavy atom. The lowest BCUT2D eigenvalue weighted by Crippen LogP contribution is -2.13. The van der Waals surface area contributed by atoms with E-state index >= 15 is 0 Å². The van der Waals surface area contributed by atoms with Crippen molar-refractivity contribution in [3.63, 3.8) is 0 Å². The van der Waals surface area contributed by atoms with E-state index in [-0.39, 0.29) is 9.92 Å². The molecule has 0 bridgehead atoms. The van der Waals surface area contributed by atoms with Gasteiger partial charge in [-0.15, -0.1) is 11.3 Å². The predicted octanol–water partition coefficient (Wildman–Crippen LogP) is 4.01. The number of fused-ring (bicyclic) bond motifs is 1. The number of anilines is 1. The quantitative estimate of drug-likeness (QED) is 0.841. The van der Waals surface area contributed by atoms with Crippen LogP contribution in [0.15, 0.2) is 23.1 Å². The highest BCUT2D eigenvalue weighted by Crippen LogP contribution is 2.31. The minimum atomic E-state index is -3.87. The van der Waals surface area contributed by atoms with Crippen LogP contribution in [-0.2, 0) is 22.9 Å². The number of aryl methyl sites for hydroxylation is 2. The van der Waals surface area contributed by atoms with E-state index in [0.29, 0.717) is 5.13 Å². The molecule has 118 valence electrons. The van der Waals surface area contributed by atoms with Gasteiger partial charge in [0, 0.05) is 4.88 Å². The van der Waals surface area contributed by atoms with E-state index in [0.717, 1.165) is 54.5 Å². The Morgan fingerprint density at radius 2 is 2.00 bits per heavy atom. The second kappa shape index (κ2) is 6.14. The first-order valence-electron chi connectivity index (χ1n) is 6.92. The van der Waals surface area contributed by atoms with Crippen LogP contribution in [0.4, 0.5) is 9.52 Å². The van der Waals surface area contributed by atoms with Gasteiger partial charge >= 0.3 is 0 Å². The maximum Gasteiger partial charge on any atom is 0.265 e. The molecule has 0 saturated heterocycles. The van der Waals surface area contributed by atoms with Gasteiger partial charge in [0.15, 0.2) is 5.13 Å². The molecule has 0 saturated carbocycles. The molecular formula is C14H14ClFN2O2S2. The van der Waals surface area contributed by atoms with Crippen LogP contribution in [0.1, 0.15) is 29.8 Å². The number of benzene rings is 1. The van der Waals surface area contributed by atoms with Crippen molar-refractivity contribution >= 4 is 38.1 Å². The van der Waals surface area contributed by atoms with Crippen LogP contribution in [0.25, 0.3) is 0 Å². The maximum atomic E-state index is 13.0. The second-order valence-electron chi connectivity index (χ2n) is 5.13. The zero-order valence-corrected chi connectivity index (χ0v) is 14.0. The molecule has 0 unspecified atom stereocenters. The van der Waals surface area contributed by atoms with Gasteiger partial charge < -0.3 is 0 Å². The largest absolute Gasteiger partial charge is 0.265 e. The van der Waals surface area contributed by atoms with Crippen LogP contribution < -0.4 is 4.72 Å². The summed E-state index contributed by atoms with van der Waals surface area (Å²) >= 11 is 7.19. The van der Waals surface area contributed by atoms with E-state index in [1.165, 1.54) is 17.8 Å². The van der Waals surface area contributed by atoms with Gasteiger partial charge in [0.1, 0.15) is 10.7 Å². The molecule has 2 aromatic rings. The number of thiazole rings is 1. The highest BCUT2D eigenvalue weighted by Gasteiger charge is 2.22. The molecule has 1 aliphatic rings. The van der Waals surface area contributed by atoms with Gasteiger partial charge in [-0.05, 0) is 43.9 Å². The van der Waals surface area contributed by atoms with Gasteiger partial charge in [-0.25, -0.2) is 17.8 Å². The fraction of sp³-hybridized carbons (Fsp3) is 0.357. The highest BCUT2D eigenvalue weighted by atomic mass is 35.5. The average Bonchev–Trinajstić information content (AvgIpc) is 2.66. The van der Waals surface area contributed by atoms with Crippen molar-refractivity contribution in [2.45, 2.75) is 37.0 Å². The first-order chi connectivity index (χ1) is 10.5. The van der Waals surface area contributed by atoms with Gasteiger partial charge in [-0.2, -0.15) is 0 Å². The second-order valence-corrected chi connectivity index (χ2v) is 8.27. The number of rotatable bonds is 3. The summed E-state index contributed by atoms with van der Waals surface area (Å²) in [6.07, 6.45) is 5.17. The number of halogens is 2. The van der Waals surface area contributed by atoms with Crippen LogP contribution in [0.2, 0.25) is 5.02 Å². The zero-order chi connectivity index (χ0) is 15.7. The summed E-state index contributed by atoms with van der Waals surface area (Å²) < 4.78 is 40.2. The standard InChI is InChI=1S/C14H14ClFN2O2S2/c15-10-8-9(16)6-7-13(10)22(19,20)18-14-17-11-4-2-1-3-5-12(11)21-14/h6-8H,1-5H2,(H,17,18). The van der Waals surface area contributed by atoms with Crippen molar-refractivity contribution in [3.8, 4) is 0 Å². The Labute approximate surface area is 137 Å². The van der Waals surface area contributed by atoms with E-state index in [2.05, 4.69) is 9.71 Å². The summed E-state index contributed by atoms with van der Waals surface area (Å²) in [6.45, 7) is 0. The minimum Gasteiger partial charge on any atom is -0.255 e. The molecule has 22 heavy (non-hydrogen) atoms. The third-order valence-corrected chi connectivity index (χ3v) is 6.52. The molecule has 0 atom stereocenters. The number of hydrogen-bond acceptors (Lipinski definition) is 4. The van der Waals surface area contributed by atoms with E-state index < -0.39 is 15.8 Å². The molecule has 1 heterocycles. The van der Waals surface area contributed by atoms with Crippen LogP contribution in [0.3, 0.4) is 0 Å². The van der Waals surface area contributed by atoms with Gasteiger partial charge in [0.2, 0.25) is 0 Å². The molecule has 4 nitrogen and oxygen atoms in total. The lowest BCUT2D eigenvalue weighted by atomic mass is 10.2. The molecule has 1 aromatic heterocycles. The smallest absolute Gasteiger partial charge is 0.255 e. The van der Waals surface area contributed by atoms with Crippen molar-refractivity contribution in [1.82, 2.24) is 4.98 Å². The Bertz CT molecular complexity index is 782. The molecule has 1 N–H and O–H groups in total. The summed E-state index contributed by atoms with van der Waals surface area (Å²) in [5.41, 5.74) is 0.977. The molecule has 0 aliphatic heterocycles. The lowest BCUT2D eigenvalue weighted by Gasteiger charge is -2.07. The van der Waals surface area contributed by atoms with Gasteiger partial charge in [0.05, 0.1) is 10.7 Å². The van der Waals surface area contributed by atoms with Crippen LogP contribution in [0.5, 0.6) is 0 Å². The Morgan fingerprint density at radius 3 is 2.77 bits per heavy atom. The van der Waals surface area contributed by atoms with Gasteiger partial charge in [-0.3, -0.25) is 4.72 Å². The number of nitrogens with zero attached hydrogens (tertiary/aromatic N) is 1. The van der Waals surface area contributed by atoms with Crippen LogP contribution in [-0.4, -0.2) is 13.4 Å². The third kappa shape index (κ3) is 3.26. The Hall–Kier alpha value is -1.18. The van der Waals surface area contributed by atoms with Crippen molar-refractivity contribution < 1.29 is 12.8 Å². The normalized spacial score (nSPS) is 15.2. The monoisotopic (exact) mass is 360 g/mol. The van der Waals surface area contributed by atoms with E-state index in [9.17, 15) is 12.8 Å². The summed E-state index contributed by atoms with van der Waals surface area (Å²) in [4.78, 5) is 5.37. The average molecular weight is 361 g/mol. The molecule has 0 fully saturated rings. The molecule has 0 amide bonds. The number of aromatic nitrogens is 1. The Balaban J connectivity index is 1.88. The minimum absolute atomic E-state index is 0.148. The SMILES string of the molecule is O=S(=O)(Nc1nc2c(s1)CCCCC2)c1ccc(F)cc1Cl. The third-order valence-electron chi connectivity index (χ3n) is 3.50. The molecule has 3 rings (SSSR count). The highest BCUT2D eigenvalue weighted by molar-refractivity contribution is 7.93. The topological polar surface area (TPSA) is 59.1 Å². The van der Waals surface area contributed by atoms with Crippen molar-refractivity contribution in [2.24, 2.45) is 0 Å². The first kappa shape index (κ1) is 15.7. The van der Waals surface area contributed by atoms with Crippen molar-refractivity contribution in [2.75, 3.05) is 4.72 Å². The predicted molar refractivity (Wildman–Crippen MR) is 85.6 cm³/mol. The summed E-state index contributed by atoms with van der Waals surface area (Å²) in [6, 6.07) is 3.20. The van der Waals surface area contributed by atoms with Crippen LogP contribution >= 0.6 is 22.9 Å². The van der Waals surface area contributed by atoms with Crippen molar-refractivity contribution in [3.05, 3.63) is 39.6 Å². The first-order valence-corrected chi connectivity index (χ1v) is 9.60. The number of sulfonamides is 1. The molecule has 0 spiro atoms. The van der Waals surface area contributed by atoms with E-state index in [1.54, 1.807) is 0 Å². The fourth-order valence-electron chi connectivity index (χ4n) is 2.44. The number of hydrogen-bond donors (Lipinski definition) is 1. The molecule has 1 aromatic carbocycles. The van der Waals surface area contributed by atoms with E-state index in [4.69, 9.17) is 11.6 Å². The van der Waals surface area contributed by atoms with Gasteiger partial charge in [0.25, 0.3) is 10.0 Å².